The predicted molar refractivity (Wildman–Crippen MR) is 43.8 cm³/mol. The van der Waals surface area contributed by atoms with Crippen molar-refractivity contribution in [3.63, 3.8) is 0 Å². The molecule has 0 heterocycles. The van der Waals surface area contributed by atoms with Crippen molar-refractivity contribution in [3.05, 3.63) is 0 Å². The molecule has 0 aliphatic heterocycles. The highest BCUT2D eigenvalue weighted by Crippen LogP contribution is 2.41. The zero-order chi connectivity index (χ0) is 20.3. The van der Waals surface area contributed by atoms with E-state index in [0.717, 1.165) is 0 Å². The quantitative estimate of drug-likeness (QED) is 0.538. The zero-order valence-corrected chi connectivity index (χ0v) is 10.4. The van der Waals surface area contributed by atoms with Crippen LogP contribution in [0.5, 0.6) is 0 Å². The minimum absolute atomic E-state index is 4.36. The molecular formula is C8H4F16. The first kappa shape index (κ1) is 25.1. The Labute approximate surface area is 121 Å². The van der Waals surface area contributed by atoms with Crippen LogP contribution in [0, 0.1) is 0 Å². The molecule has 0 saturated heterocycles. The third-order valence-electron chi connectivity index (χ3n) is 1.86. The number of hydrogen-bond acceptors (Lipinski definition) is 0. The summed E-state index contributed by atoms with van der Waals surface area (Å²) in [5, 5.41) is 0. The van der Waals surface area contributed by atoms with Crippen molar-refractivity contribution in [2.45, 2.75) is 49.4 Å². The largest absolute Gasteiger partial charge is 0.456 e. The summed E-state index contributed by atoms with van der Waals surface area (Å²) in [6, 6.07) is 0. The topological polar surface area (TPSA) is 0 Å². The fraction of sp³-hybridized carbons (Fsp3) is 1.00. The van der Waals surface area contributed by atoms with Crippen LogP contribution in [0.3, 0.4) is 0 Å². The maximum atomic E-state index is 11.6. The smallest absolute Gasteiger partial charge is 0.234 e. The fourth-order valence-corrected chi connectivity index (χ4v) is 0.643. The Hall–Kier alpha value is -1.12. The van der Waals surface area contributed by atoms with Crippen LogP contribution in [0.1, 0.15) is 0 Å². The summed E-state index contributed by atoms with van der Waals surface area (Å²) in [5.41, 5.74) is 0. The molecule has 0 saturated carbocycles. The number of halogens is 16. The van der Waals surface area contributed by atoms with E-state index >= 15 is 0 Å². The maximum absolute atomic E-state index is 11.6. The second-order valence-corrected chi connectivity index (χ2v) is 3.74. The van der Waals surface area contributed by atoms with Crippen molar-refractivity contribution in [1.82, 2.24) is 0 Å². The lowest BCUT2D eigenvalue weighted by molar-refractivity contribution is -0.314. The summed E-state index contributed by atoms with van der Waals surface area (Å²) in [6.45, 7) is 0. The molecule has 0 aromatic rings. The lowest BCUT2D eigenvalue weighted by atomic mass is 10.2. The molecule has 148 valence electrons. The second kappa shape index (κ2) is 7.84. The fourth-order valence-electron chi connectivity index (χ4n) is 0.643. The molecule has 2 atom stereocenters. The van der Waals surface area contributed by atoms with Gasteiger partial charge in [-0.15, -0.1) is 0 Å². The van der Waals surface area contributed by atoms with E-state index in [4.69, 9.17) is 0 Å². The van der Waals surface area contributed by atoms with E-state index in [1.54, 1.807) is 0 Å². The summed E-state index contributed by atoms with van der Waals surface area (Å²) >= 11 is 0. The van der Waals surface area contributed by atoms with Gasteiger partial charge in [-0.25, -0.2) is 26.3 Å². The van der Waals surface area contributed by atoms with E-state index in [-0.39, 0.29) is 0 Å². The Kier molecular flexibility index (Phi) is 8.21. The molecule has 0 nitrogen and oxygen atoms in total. The summed E-state index contributed by atoms with van der Waals surface area (Å²) in [4.78, 5) is 0. The molecule has 0 N–H and O–H groups in total. The molecular weight excluding hydrogens is 400 g/mol. The first-order valence-corrected chi connectivity index (χ1v) is 4.94. The molecule has 0 spiro atoms. The molecule has 0 amide bonds. The van der Waals surface area contributed by atoms with Gasteiger partial charge in [-0.2, -0.15) is 43.9 Å². The Morgan fingerprint density at radius 1 is 0.542 bits per heavy atom. The maximum Gasteiger partial charge on any atom is 0.456 e. The first-order chi connectivity index (χ1) is 10.2. The minimum atomic E-state index is -6.29. The van der Waals surface area contributed by atoms with E-state index in [9.17, 15) is 70.2 Å². The van der Waals surface area contributed by atoms with Gasteiger partial charge in [0, 0.05) is 0 Å². The molecule has 0 aliphatic rings. The molecule has 0 aromatic heterocycles. The minimum Gasteiger partial charge on any atom is -0.234 e. The second-order valence-electron chi connectivity index (χ2n) is 3.74. The van der Waals surface area contributed by atoms with Gasteiger partial charge in [0.25, 0.3) is 12.6 Å². The summed E-state index contributed by atoms with van der Waals surface area (Å²) in [7, 11) is 0. The van der Waals surface area contributed by atoms with Crippen LogP contribution in [0.25, 0.3) is 0 Å². The molecule has 0 aromatic carbocycles. The molecule has 0 fully saturated rings. The van der Waals surface area contributed by atoms with Gasteiger partial charge in [0.15, 0.2) is 0 Å². The van der Waals surface area contributed by atoms with Gasteiger partial charge >= 0.3 is 30.6 Å². The van der Waals surface area contributed by atoms with Crippen molar-refractivity contribution >= 4 is 0 Å². The van der Waals surface area contributed by atoms with Gasteiger partial charge in [0.2, 0.25) is 6.17 Å². The zero-order valence-electron chi connectivity index (χ0n) is 10.4. The molecule has 16 heteroatoms. The standard InChI is InChI=1S/2C4H2F8/c5-1(4(10,11)12)3(8,9)2(6)7;5-1(2(6)7)3(8,9)4(10,11)12/h2*1-2H. The summed E-state index contributed by atoms with van der Waals surface area (Å²) < 4.78 is 181. The van der Waals surface area contributed by atoms with Gasteiger partial charge in [0.1, 0.15) is 0 Å². The normalized spacial score (nSPS) is 16.8. The van der Waals surface area contributed by atoms with Crippen LogP contribution in [0.2, 0.25) is 0 Å². The van der Waals surface area contributed by atoms with Crippen LogP contribution >= 0.6 is 0 Å². The third-order valence-corrected chi connectivity index (χ3v) is 1.86. The van der Waals surface area contributed by atoms with Crippen molar-refractivity contribution in [2.24, 2.45) is 0 Å². The molecule has 0 aliphatic carbocycles. The van der Waals surface area contributed by atoms with Gasteiger partial charge in [-0.3, -0.25) is 0 Å². The van der Waals surface area contributed by atoms with Gasteiger partial charge in [0.05, 0.1) is 0 Å². The van der Waals surface area contributed by atoms with Gasteiger partial charge < -0.3 is 0 Å². The van der Waals surface area contributed by atoms with Gasteiger partial charge in [-0.1, -0.05) is 0 Å². The first-order valence-electron chi connectivity index (χ1n) is 4.94. The monoisotopic (exact) mass is 404 g/mol. The highest BCUT2D eigenvalue weighted by atomic mass is 19.4. The van der Waals surface area contributed by atoms with Crippen molar-refractivity contribution in [1.29, 1.82) is 0 Å². The SMILES string of the molecule is FC(F)C(F)(F)C(F)C(F)(F)F.FC(F)C(F)C(F)(F)C(F)(F)F. The Morgan fingerprint density at radius 2 is 0.875 bits per heavy atom. The Balaban J connectivity index is 0. The van der Waals surface area contributed by atoms with E-state index in [2.05, 4.69) is 0 Å². The van der Waals surface area contributed by atoms with Crippen LogP contribution in [0.4, 0.5) is 70.2 Å². The van der Waals surface area contributed by atoms with E-state index in [1.807, 2.05) is 0 Å². The lowest BCUT2D eigenvalue weighted by Gasteiger charge is -2.22. The van der Waals surface area contributed by atoms with Crippen molar-refractivity contribution < 1.29 is 70.2 Å². The molecule has 24 heavy (non-hydrogen) atoms. The summed E-state index contributed by atoms with van der Waals surface area (Å²) in [6.07, 6.45) is -30.6. The number of rotatable bonds is 4. The third kappa shape index (κ3) is 6.41. The van der Waals surface area contributed by atoms with Crippen molar-refractivity contribution in [3.8, 4) is 0 Å². The van der Waals surface area contributed by atoms with Crippen LogP contribution in [0.15, 0.2) is 0 Å². The Morgan fingerprint density at radius 3 is 0.958 bits per heavy atom. The van der Waals surface area contributed by atoms with Gasteiger partial charge in [-0.05, 0) is 0 Å². The van der Waals surface area contributed by atoms with E-state index < -0.39 is 49.4 Å². The van der Waals surface area contributed by atoms with Crippen LogP contribution in [-0.2, 0) is 0 Å². The average Bonchev–Trinajstić information content (AvgIpc) is 2.34. The Bertz CT molecular complexity index is 363. The van der Waals surface area contributed by atoms with Crippen LogP contribution in [-0.4, -0.2) is 49.4 Å². The highest BCUT2D eigenvalue weighted by molar-refractivity contribution is 4.86. The van der Waals surface area contributed by atoms with Crippen molar-refractivity contribution in [2.75, 3.05) is 0 Å². The highest BCUT2D eigenvalue weighted by Gasteiger charge is 2.66. The molecule has 0 rings (SSSR count). The van der Waals surface area contributed by atoms with E-state index in [1.165, 1.54) is 0 Å². The summed E-state index contributed by atoms with van der Waals surface area (Å²) in [5.74, 6) is -11.7. The molecule has 0 bridgehead atoms. The predicted octanol–water partition coefficient (Wildman–Crippen LogP) is 5.57. The average molecular weight is 404 g/mol. The lowest BCUT2D eigenvalue weighted by Crippen LogP contribution is -2.48. The number of hydrogen-bond donors (Lipinski definition) is 0. The number of alkyl halides is 16. The van der Waals surface area contributed by atoms with E-state index in [0.29, 0.717) is 0 Å². The molecule has 0 radical (unpaired) electrons. The molecule has 2 unspecified atom stereocenters. The van der Waals surface area contributed by atoms with Crippen LogP contribution < -0.4 is 0 Å².